The zero-order chi connectivity index (χ0) is 23.3. The van der Waals surface area contributed by atoms with Crippen LogP contribution in [0, 0.1) is 0 Å². The lowest BCUT2D eigenvalue weighted by Crippen LogP contribution is -2.36. The number of aromatic hydroxyl groups is 2. The van der Waals surface area contributed by atoms with Crippen LogP contribution >= 0.6 is 0 Å². The standard InChI is InChI=1S/C24H21NO8/c1-11-23(13-4-6-19(30-2)25-10-13)32-17-7-12(3-5-16(17)31-11)24-22(29)21(28)20-15(27)8-14(26)9-18(20)33-24/h3-11,22-24,26-27,29H,1-2H3. The smallest absolute Gasteiger partial charge is 0.212 e. The maximum absolute atomic E-state index is 12.7. The van der Waals surface area contributed by atoms with Crippen LogP contribution in [-0.4, -0.2) is 45.4 Å². The Bertz CT molecular complexity index is 1230. The first kappa shape index (κ1) is 20.9. The zero-order valence-corrected chi connectivity index (χ0v) is 17.8. The molecule has 0 spiro atoms. The van der Waals surface area contributed by atoms with E-state index >= 15 is 0 Å². The number of nitrogens with zero attached hydrogens (tertiary/aromatic N) is 1. The molecule has 0 aliphatic carbocycles. The minimum absolute atomic E-state index is 0.0153. The van der Waals surface area contributed by atoms with Crippen molar-refractivity contribution in [1.82, 2.24) is 4.98 Å². The number of hydrogen-bond donors (Lipinski definition) is 3. The summed E-state index contributed by atoms with van der Waals surface area (Å²) in [6.07, 6.45) is -1.72. The van der Waals surface area contributed by atoms with Gasteiger partial charge < -0.3 is 34.3 Å². The Labute approximate surface area is 188 Å². The second kappa shape index (κ2) is 7.86. The monoisotopic (exact) mass is 451 g/mol. The van der Waals surface area contributed by atoms with E-state index in [1.807, 2.05) is 13.0 Å². The number of ether oxygens (including phenoxy) is 4. The Hall–Kier alpha value is -3.98. The minimum Gasteiger partial charge on any atom is -0.508 e. The second-order valence-electron chi connectivity index (χ2n) is 7.89. The predicted octanol–water partition coefficient (Wildman–Crippen LogP) is 3.08. The lowest BCUT2D eigenvalue weighted by molar-refractivity contribution is 0.0189. The summed E-state index contributed by atoms with van der Waals surface area (Å²) in [5, 5.41) is 30.4. The molecule has 3 aromatic rings. The van der Waals surface area contributed by atoms with Gasteiger partial charge in [0, 0.05) is 30.0 Å². The van der Waals surface area contributed by atoms with Crippen molar-refractivity contribution < 1.29 is 39.1 Å². The van der Waals surface area contributed by atoms with E-state index in [-0.39, 0.29) is 23.2 Å². The first-order valence-electron chi connectivity index (χ1n) is 10.3. The number of methoxy groups -OCH3 is 1. The summed E-state index contributed by atoms with van der Waals surface area (Å²) in [5.74, 6) is -0.0318. The summed E-state index contributed by atoms with van der Waals surface area (Å²) in [5.41, 5.74) is 1.09. The van der Waals surface area contributed by atoms with E-state index in [1.165, 1.54) is 13.2 Å². The van der Waals surface area contributed by atoms with E-state index in [4.69, 9.17) is 18.9 Å². The fraction of sp³-hybridized carbons (Fsp3) is 0.250. The Kier molecular flexibility index (Phi) is 4.98. The molecule has 2 aliphatic rings. The number of aliphatic hydroxyl groups excluding tert-OH is 1. The molecule has 0 bridgehead atoms. The number of aromatic nitrogens is 1. The van der Waals surface area contributed by atoms with E-state index in [0.717, 1.165) is 11.6 Å². The highest BCUT2D eigenvalue weighted by Crippen LogP contribution is 2.45. The number of Topliss-reactive ketones (excluding diaryl/α,β-unsaturated/α-hetero) is 1. The highest BCUT2D eigenvalue weighted by atomic mass is 16.6. The summed E-state index contributed by atoms with van der Waals surface area (Å²) in [6.45, 7) is 1.88. The van der Waals surface area contributed by atoms with E-state index in [9.17, 15) is 20.1 Å². The number of fused-ring (bicyclic) bond motifs is 2. The van der Waals surface area contributed by atoms with Gasteiger partial charge in [-0.05, 0) is 30.7 Å². The molecular formula is C24H21NO8. The molecule has 1 aromatic heterocycles. The van der Waals surface area contributed by atoms with Gasteiger partial charge in [-0.3, -0.25) is 4.79 Å². The number of rotatable bonds is 3. The summed E-state index contributed by atoms with van der Waals surface area (Å²) < 4.78 is 23.1. The Morgan fingerprint density at radius 1 is 0.909 bits per heavy atom. The predicted molar refractivity (Wildman–Crippen MR) is 114 cm³/mol. The van der Waals surface area contributed by atoms with Crippen LogP contribution in [0.15, 0.2) is 48.7 Å². The van der Waals surface area contributed by atoms with Gasteiger partial charge in [0.2, 0.25) is 11.7 Å². The normalized spacial score (nSPS) is 23.4. The SMILES string of the molecule is COc1ccc(C2Oc3cc(C4Oc5cc(O)cc(O)c5C(=O)C4O)ccc3OC2C)cn1. The third kappa shape index (κ3) is 3.56. The number of phenolic OH excluding ortho intramolecular Hbond substituents is 2. The molecule has 0 fully saturated rings. The van der Waals surface area contributed by atoms with Crippen LogP contribution in [0.2, 0.25) is 0 Å². The fourth-order valence-electron chi connectivity index (χ4n) is 4.07. The van der Waals surface area contributed by atoms with Crippen molar-refractivity contribution >= 4 is 5.78 Å². The van der Waals surface area contributed by atoms with Gasteiger partial charge in [-0.25, -0.2) is 4.98 Å². The minimum atomic E-state index is -1.56. The number of pyridine rings is 1. The molecular weight excluding hydrogens is 430 g/mol. The molecule has 4 unspecified atom stereocenters. The number of aliphatic hydroxyl groups is 1. The number of carbonyl (C=O) groups excluding carboxylic acids is 1. The van der Waals surface area contributed by atoms with Crippen LogP contribution < -0.4 is 18.9 Å². The molecule has 0 saturated heterocycles. The van der Waals surface area contributed by atoms with Crippen LogP contribution in [-0.2, 0) is 0 Å². The molecule has 0 radical (unpaired) electrons. The average Bonchev–Trinajstić information content (AvgIpc) is 2.80. The lowest BCUT2D eigenvalue weighted by Gasteiger charge is -2.34. The Balaban J connectivity index is 1.46. The van der Waals surface area contributed by atoms with Gasteiger partial charge in [-0.2, -0.15) is 0 Å². The van der Waals surface area contributed by atoms with Crippen molar-refractivity contribution in [3.63, 3.8) is 0 Å². The van der Waals surface area contributed by atoms with Crippen LogP contribution in [0.5, 0.6) is 34.6 Å². The molecule has 9 heteroatoms. The topological polar surface area (TPSA) is 128 Å². The molecule has 0 saturated carbocycles. The van der Waals surface area contributed by atoms with Crippen molar-refractivity contribution in [3.05, 3.63) is 65.4 Å². The highest BCUT2D eigenvalue weighted by Gasteiger charge is 2.40. The van der Waals surface area contributed by atoms with Gasteiger partial charge in [-0.15, -0.1) is 0 Å². The molecule has 3 heterocycles. The van der Waals surface area contributed by atoms with Gasteiger partial charge in [0.15, 0.2) is 29.8 Å². The quantitative estimate of drug-likeness (QED) is 0.550. The fourth-order valence-corrected chi connectivity index (χ4v) is 4.07. The Morgan fingerprint density at radius 2 is 1.67 bits per heavy atom. The number of hydrogen-bond acceptors (Lipinski definition) is 9. The second-order valence-corrected chi connectivity index (χ2v) is 7.89. The van der Waals surface area contributed by atoms with E-state index in [0.29, 0.717) is 22.9 Å². The van der Waals surface area contributed by atoms with Gasteiger partial charge in [0.05, 0.1) is 7.11 Å². The lowest BCUT2D eigenvalue weighted by atomic mass is 9.92. The molecule has 0 amide bonds. The molecule has 170 valence electrons. The van der Waals surface area contributed by atoms with E-state index in [1.54, 1.807) is 30.5 Å². The number of carbonyl (C=O) groups is 1. The van der Waals surface area contributed by atoms with Crippen molar-refractivity contribution in [3.8, 4) is 34.6 Å². The summed E-state index contributed by atoms with van der Waals surface area (Å²) in [7, 11) is 1.54. The number of phenols is 2. The summed E-state index contributed by atoms with van der Waals surface area (Å²) in [6, 6.07) is 10.8. The zero-order valence-electron chi connectivity index (χ0n) is 17.8. The maximum atomic E-state index is 12.7. The molecule has 3 N–H and O–H groups in total. The average molecular weight is 451 g/mol. The van der Waals surface area contributed by atoms with Gasteiger partial charge >= 0.3 is 0 Å². The van der Waals surface area contributed by atoms with Crippen molar-refractivity contribution in [1.29, 1.82) is 0 Å². The first-order chi connectivity index (χ1) is 15.9. The van der Waals surface area contributed by atoms with Crippen molar-refractivity contribution in [2.45, 2.75) is 31.3 Å². The van der Waals surface area contributed by atoms with Crippen LogP contribution in [0.1, 0.15) is 40.6 Å². The van der Waals surface area contributed by atoms with Gasteiger partial charge in [0.1, 0.15) is 28.9 Å². The molecule has 4 atom stereocenters. The third-order valence-electron chi connectivity index (χ3n) is 5.71. The maximum Gasteiger partial charge on any atom is 0.212 e. The molecule has 33 heavy (non-hydrogen) atoms. The molecule has 2 aliphatic heterocycles. The Morgan fingerprint density at radius 3 is 2.39 bits per heavy atom. The first-order valence-corrected chi connectivity index (χ1v) is 10.3. The van der Waals surface area contributed by atoms with E-state index in [2.05, 4.69) is 4.98 Å². The van der Waals surface area contributed by atoms with Gasteiger partial charge in [-0.1, -0.05) is 6.07 Å². The molecule has 9 nitrogen and oxygen atoms in total. The highest BCUT2D eigenvalue weighted by molar-refractivity contribution is 6.05. The van der Waals surface area contributed by atoms with Crippen LogP contribution in [0.4, 0.5) is 0 Å². The molecule has 2 aromatic carbocycles. The molecule has 5 rings (SSSR count). The van der Waals surface area contributed by atoms with Gasteiger partial charge in [0.25, 0.3) is 0 Å². The summed E-state index contributed by atoms with van der Waals surface area (Å²) in [4.78, 5) is 16.9. The van der Waals surface area contributed by atoms with E-state index < -0.39 is 29.8 Å². The number of benzene rings is 2. The summed E-state index contributed by atoms with van der Waals surface area (Å²) >= 11 is 0. The van der Waals surface area contributed by atoms with Crippen molar-refractivity contribution in [2.24, 2.45) is 0 Å². The van der Waals surface area contributed by atoms with Crippen LogP contribution in [0.3, 0.4) is 0 Å². The van der Waals surface area contributed by atoms with Crippen LogP contribution in [0.25, 0.3) is 0 Å². The number of ketones is 1. The third-order valence-corrected chi connectivity index (χ3v) is 5.71. The van der Waals surface area contributed by atoms with Crippen molar-refractivity contribution in [2.75, 3.05) is 7.11 Å². The largest absolute Gasteiger partial charge is 0.508 e.